The topological polar surface area (TPSA) is 57.6 Å². The molecule has 6 heteroatoms. The summed E-state index contributed by atoms with van der Waals surface area (Å²) in [6.07, 6.45) is 1.22. The molecule has 1 aromatic carbocycles. The molecule has 4 nitrogen and oxygen atoms in total. The molecule has 1 aliphatic heterocycles. The molecule has 1 aromatic rings. The number of aliphatic carboxylic acids is 1. The van der Waals surface area contributed by atoms with Crippen LogP contribution < -0.4 is 0 Å². The summed E-state index contributed by atoms with van der Waals surface area (Å²) in [5.41, 5.74) is -0.905. The van der Waals surface area contributed by atoms with E-state index in [9.17, 15) is 23.5 Å². The first-order valence-corrected chi connectivity index (χ1v) is 7.67. The van der Waals surface area contributed by atoms with E-state index in [1.807, 2.05) is 0 Å². The molecule has 0 radical (unpaired) electrons. The average molecular weight is 325 g/mol. The molecule has 2 rings (SSSR count). The van der Waals surface area contributed by atoms with Crippen LogP contribution in [0.1, 0.15) is 32.3 Å². The van der Waals surface area contributed by atoms with Crippen LogP contribution in [0.25, 0.3) is 0 Å². The highest BCUT2D eigenvalue weighted by Crippen LogP contribution is 2.34. The highest BCUT2D eigenvalue weighted by molar-refractivity contribution is 5.79. The number of rotatable bonds is 4. The van der Waals surface area contributed by atoms with Gasteiger partial charge < -0.3 is 10.0 Å². The van der Waals surface area contributed by atoms with Crippen LogP contribution in [0.3, 0.4) is 0 Å². The number of benzene rings is 1. The van der Waals surface area contributed by atoms with Gasteiger partial charge in [0.2, 0.25) is 5.91 Å². The summed E-state index contributed by atoms with van der Waals surface area (Å²) in [7, 11) is 0. The minimum absolute atomic E-state index is 0.0228. The number of nitrogens with zero attached hydrogens (tertiary/aromatic N) is 1. The molecular weight excluding hydrogens is 304 g/mol. The fraction of sp³-hybridized carbons (Fsp3) is 0.529. The number of carbonyl (C=O) groups excluding carboxylic acids is 1. The summed E-state index contributed by atoms with van der Waals surface area (Å²) < 4.78 is 26.8. The average Bonchev–Trinajstić information content (AvgIpc) is 2.50. The van der Waals surface area contributed by atoms with Gasteiger partial charge in [-0.1, -0.05) is 0 Å². The number of hydrogen-bond donors (Lipinski definition) is 1. The number of likely N-dealkylation sites (tertiary alicyclic amines) is 1. The molecule has 1 amide bonds. The molecule has 1 heterocycles. The van der Waals surface area contributed by atoms with Crippen LogP contribution in [-0.4, -0.2) is 35.0 Å². The molecule has 1 unspecified atom stereocenters. The van der Waals surface area contributed by atoms with Crippen LogP contribution in [-0.2, 0) is 16.0 Å². The Morgan fingerprint density at radius 2 is 2.04 bits per heavy atom. The van der Waals surface area contributed by atoms with Crippen molar-refractivity contribution in [2.45, 2.75) is 33.1 Å². The maximum atomic E-state index is 13.7. The van der Waals surface area contributed by atoms with Crippen molar-refractivity contribution >= 4 is 11.9 Å². The minimum atomic E-state index is -0.928. The summed E-state index contributed by atoms with van der Waals surface area (Å²) in [5, 5.41) is 9.33. The summed E-state index contributed by atoms with van der Waals surface area (Å²) >= 11 is 0. The van der Waals surface area contributed by atoms with Crippen LogP contribution in [0.5, 0.6) is 0 Å². The minimum Gasteiger partial charge on any atom is -0.481 e. The van der Waals surface area contributed by atoms with Gasteiger partial charge in [0.25, 0.3) is 0 Å². The van der Waals surface area contributed by atoms with Crippen LogP contribution in [0, 0.1) is 23.0 Å². The van der Waals surface area contributed by atoms with Crippen LogP contribution in [0.4, 0.5) is 8.78 Å². The van der Waals surface area contributed by atoms with E-state index in [2.05, 4.69) is 0 Å². The number of halogens is 2. The van der Waals surface area contributed by atoms with Gasteiger partial charge in [-0.25, -0.2) is 8.78 Å². The van der Waals surface area contributed by atoms with Crippen LogP contribution in [0.2, 0.25) is 0 Å². The summed E-state index contributed by atoms with van der Waals surface area (Å²) in [6.45, 7) is 4.15. The van der Waals surface area contributed by atoms with Crippen molar-refractivity contribution in [1.82, 2.24) is 4.90 Å². The Hall–Kier alpha value is -1.98. The first kappa shape index (κ1) is 17.4. The fourth-order valence-electron chi connectivity index (χ4n) is 2.92. The number of carboxylic acid groups (broad SMARTS) is 1. The van der Waals surface area contributed by atoms with Gasteiger partial charge in [-0.05, 0) is 50.8 Å². The lowest BCUT2D eigenvalue weighted by atomic mass is 9.74. The van der Waals surface area contributed by atoms with E-state index in [4.69, 9.17) is 0 Å². The third-order valence-electron chi connectivity index (χ3n) is 4.70. The van der Waals surface area contributed by atoms with Crippen molar-refractivity contribution in [2.24, 2.45) is 11.3 Å². The summed E-state index contributed by atoms with van der Waals surface area (Å²) in [6, 6.07) is 3.04. The Labute approximate surface area is 134 Å². The van der Waals surface area contributed by atoms with Gasteiger partial charge in [-0.3, -0.25) is 9.59 Å². The Morgan fingerprint density at radius 3 is 2.70 bits per heavy atom. The predicted octanol–water partition coefficient (Wildman–Crippen LogP) is 2.86. The van der Waals surface area contributed by atoms with Crippen molar-refractivity contribution in [1.29, 1.82) is 0 Å². The van der Waals surface area contributed by atoms with Gasteiger partial charge in [-0.2, -0.15) is 0 Å². The molecule has 0 bridgehead atoms. The Morgan fingerprint density at radius 1 is 1.35 bits per heavy atom. The third-order valence-corrected chi connectivity index (χ3v) is 4.70. The molecule has 1 saturated heterocycles. The van der Waals surface area contributed by atoms with Crippen molar-refractivity contribution < 1.29 is 23.5 Å². The van der Waals surface area contributed by atoms with Crippen molar-refractivity contribution in [3.63, 3.8) is 0 Å². The maximum Gasteiger partial charge on any atom is 0.309 e. The second-order valence-corrected chi connectivity index (χ2v) is 6.62. The van der Waals surface area contributed by atoms with E-state index < -0.39 is 23.0 Å². The Kier molecular flexibility index (Phi) is 5.02. The molecule has 1 N–H and O–H groups in total. The number of hydrogen-bond acceptors (Lipinski definition) is 2. The van der Waals surface area contributed by atoms with E-state index in [0.717, 1.165) is 24.6 Å². The first-order valence-electron chi connectivity index (χ1n) is 7.67. The zero-order chi connectivity index (χ0) is 17.2. The van der Waals surface area contributed by atoms with Gasteiger partial charge in [0.05, 0.1) is 11.8 Å². The number of carboxylic acids is 1. The highest BCUT2D eigenvalue weighted by Gasteiger charge is 2.39. The number of amides is 1. The molecule has 0 aliphatic carbocycles. The van der Waals surface area contributed by atoms with E-state index >= 15 is 0 Å². The van der Waals surface area contributed by atoms with Crippen molar-refractivity contribution in [3.8, 4) is 0 Å². The summed E-state index contributed by atoms with van der Waals surface area (Å²) in [4.78, 5) is 25.3. The van der Waals surface area contributed by atoms with Crippen LogP contribution >= 0.6 is 0 Å². The maximum absolute atomic E-state index is 13.7. The SMILES string of the molecule is CC(C)(C(=O)O)C1CCCN(C(=O)Cc2cc(F)ccc2F)C1. The first-order chi connectivity index (χ1) is 10.7. The van der Waals surface area contributed by atoms with Gasteiger partial charge in [0, 0.05) is 18.7 Å². The van der Waals surface area contributed by atoms with E-state index in [1.54, 1.807) is 18.7 Å². The highest BCUT2D eigenvalue weighted by atomic mass is 19.1. The molecule has 0 saturated carbocycles. The normalized spacial score (nSPS) is 18.8. The molecule has 0 spiro atoms. The molecule has 1 atom stereocenters. The monoisotopic (exact) mass is 325 g/mol. The molecule has 0 aromatic heterocycles. The zero-order valence-corrected chi connectivity index (χ0v) is 13.3. The van der Waals surface area contributed by atoms with E-state index in [-0.39, 0.29) is 23.8 Å². The molecule has 23 heavy (non-hydrogen) atoms. The van der Waals surface area contributed by atoms with Gasteiger partial charge >= 0.3 is 5.97 Å². The van der Waals surface area contributed by atoms with E-state index in [1.165, 1.54) is 0 Å². The lowest BCUT2D eigenvalue weighted by molar-refractivity contribution is -0.153. The summed E-state index contributed by atoms with van der Waals surface area (Å²) in [5.74, 6) is -2.56. The zero-order valence-electron chi connectivity index (χ0n) is 13.3. The van der Waals surface area contributed by atoms with Crippen molar-refractivity contribution in [3.05, 3.63) is 35.4 Å². The fourth-order valence-corrected chi connectivity index (χ4v) is 2.92. The predicted molar refractivity (Wildman–Crippen MR) is 80.8 cm³/mol. The lowest BCUT2D eigenvalue weighted by Crippen LogP contribution is -2.47. The number of piperidine rings is 1. The van der Waals surface area contributed by atoms with Gasteiger partial charge in [0.1, 0.15) is 11.6 Å². The van der Waals surface area contributed by atoms with Gasteiger partial charge in [0.15, 0.2) is 0 Å². The van der Waals surface area contributed by atoms with Crippen molar-refractivity contribution in [2.75, 3.05) is 13.1 Å². The second-order valence-electron chi connectivity index (χ2n) is 6.62. The van der Waals surface area contributed by atoms with E-state index in [0.29, 0.717) is 19.5 Å². The number of carbonyl (C=O) groups is 2. The van der Waals surface area contributed by atoms with Gasteiger partial charge in [-0.15, -0.1) is 0 Å². The smallest absolute Gasteiger partial charge is 0.309 e. The molecule has 1 aliphatic rings. The third kappa shape index (κ3) is 3.86. The van der Waals surface area contributed by atoms with Crippen LogP contribution in [0.15, 0.2) is 18.2 Å². The lowest BCUT2D eigenvalue weighted by Gasteiger charge is -2.39. The Bertz CT molecular complexity index is 616. The largest absolute Gasteiger partial charge is 0.481 e. The Balaban J connectivity index is 2.08. The standard InChI is InChI=1S/C17H21F2NO3/c1-17(2,16(22)23)12-4-3-7-20(10-12)15(21)9-11-8-13(18)5-6-14(11)19/h5-6,8,12H,3-4,7,9-10H2,1-2H3,(H,22,23). The second kappa shape index (κ2) is 6.64. The molecular formula is C17H21F2NO3. The molecule has 126 valence electrons. The quantitative estimate of drug-likeness (QED) is 0.926. The molecule has 1 fully saturated rings.